The van der Waals surface area contributed by atoms with E-state index >= 15 is 0 Å². The van der Waals surface area contributed by atoms with Crippen LogP contribution in [0.1, 0.15) is 24.5 Å². The second-order valence-corrected chi connectivity index (χ2v) is 6.00. The number of aliphatic hydroxyl groups excluding tert-OH is 1. The van der Waals surface area contributed by atoms with Crippen molar-refractivity contribution in [2.45, 2.75) is 18.9 Å². The lowest BCUT2D eigenvalue weighted by Gasteiger charge is -2.32. The highest BCUT2D eigenvalue weighted by atomic mass is 35.5. The van der Waals surface area contributed by atoms with Crippen molar-refractivity contribution < 1.29 is 9.90 Å². The summed E-state index contributed by atoms with van der Waals surface area (Å²) in [6.45, 7) is 1.98. The first-order valence-corrected chi connectivity index (χ1v) is 7.37. The van der Waals surface area contributed by atoms with Crippen molar-refractivity contribution in [3.05, 3.63) is 33.8 Å². The van der Waals surface area contributed by atoms with Gasteiger partial charge in [0.05, 0.1) is 6.10 Å². The van der Waals surface area contributed by atoms with E-state index in [1.807, 2.05) is 0 Å². The Morgan fingerprint density at radius 3 is 2.65 bits per heavy atom. The third-order valence-corrected chi connectivity index (χ3v) is 4.32. The van der Waals surface area contributed by atoms with Crippen LogP contribution in [0, 0.1) is 5.92 Å². The molecule has 0 saturated carbocycles. The van der Waals surface area contributed by atoms with Crippen molar-refractivity contribution in [2.75, 3.05) is 19.6 Å². The molecule has 1 atom stereocenters. The Balaban J connectivity index is 1.94. The molecule has 1 heterocycles. The van der Waals surface area contributed by atoms with Crippen LogP contribution >= 0.6 is 23.2 Å². The Hall–Kier alpha value is -0.810. The Morgan fingerprint density at radius 1 is 1.40 bits per heavy atom. The average molecular weight is 317 g/mol. The maximum absolute atomic E-state index is 11.1. The monoisotopic (exact) mass is 316 g/mol. The molecule has 1 saturated heterocycles. The van der Waals surface area contributed by atoms with E-state index in [1.165, 1.54) is 0 Å². The number of piperidine rings is 1. The molecule has 1 aromatic rings. The fraction of sp³-hybridized carbons (Fsp3) is 0.500. The van der Waals surface area contributed by atoms with Gasteiger partial charge in [-0.05, 0) is 44.1 Å². The standard InChI is InChI=1S/C14H18Cl2N2O2/c15-10-1-2-12(16)11(7-10)13(19)8-18-5-3-9(4-6-18)14(17)20/h1-2,7,9,13,19H,3-6,8H2,(H2,17,20)/t13-/m0/s1. The SMILES string of the molecule is NC(=O)C1CCN(C[C@H](O)c2cc(Cl)ccc2Cl)CC1. The fourth-order valence-corrected chi connectivity index (χ4v) is 2.94. The number of benzene rings is 1. The topological polar surface area (TPSA) is 66.6 Å². The Labute approximate surface area is 128 Å². The number of likely N-dealkylation sites (tertiary alicyclic amines) is 1. The molecule has 0 aliphatic carbocycles. The molecule has 20 heavy (non-hydrogen) atoms. The zero-order valence-electron chi connectivity index (χ0n) is 11.1. The molecule has 1 aromatic carbocycles. The molecule has 1 aliphatic rings. The molecule has 1 aliphatic heterocycles. The maximum atomic E-state index is 11.1. The van der Waals surface area contributed by atoms with Crippen LogP contribution in [0.5, 0.6) is 0 Å². The third kappa shape index (κ3) is 3.85. The number of nitrogens with two attached hydrogens (primary N) is 1. The molecular formula is C14H18Cl2N2O2. The number of hydrogen-bond donors (Lipinski definition) is 2. The number of aliphatic hydroxyl groups is 1. The predicted molar refractivity (Wildman–Crippen MR) is 79.8 cm³/mol. The summed E-state index contributed by atoms with van der Waals surface area (Å²) in [5.41, 5.74) is 5.94. The molecule has 0 radical (unpaired) electrons. The number of hydrogen-bond acceptors (Lipinski definition) is 3. The zero-order valence-corrected chi connectivity index (χ0v) is 12.6. The summed E-state index contributed by atoms with van der Waals surface area (Å²) in [4.78, 5) is 13.2. The third-order valence-electron chi connectivity index (χ3n) is 3.74. The zero-order chi connectivity index (χ0) is 14.7. The minimum Gasteiger partial charge on any atom is -0.387 e. The number of halogens is 2. The van der Waals surface area contributed by atoms with Gasteiger partial charge in [-0.1, -0.05) is 23.2 Å². The molecule has 4 nitrogen and oxygen atoms in total. The van der Waals surface area contributed by atoms with E-state index in [9.17, 15) is 9.90 Å². The van der Waals surface area contributed by atoms with Gasteiger partial charge >= 0.3 is 0 Å². The lowest BCUT2D eigenvalue weighted by molar-refractivity contribution is -0.123. The molecule has 110 valence electrons. The second-order valence-electron chi connectivity index (χ2n) is 5.16. The summed E-state index contributed by atoms with van der Waals surface area (Å²) in [5, 5.41) is 11.3. The summed E-state index contributed by atoms with van der Waals surface area (Å²) in [6.07, 6.45) is 0.794. The predicted octanol–water partition coefficient (Wildman–Crippen LogP) is 2.22. The minimum atomic E-state index is -0.689. The van der Waals surface area contributed by atoms with E-state index in [4.69, 9.17) is 28.9 Å². The Morgan fingerprint density at radius 2 is 2.05 bits per heavy atom. The molecule has 1 amide bonds. The number of carbonyl (C=O) groups excluding carboxylic acids is 1. The van der Waals surface area contributed by atoms with Crippen LogP contribution < -0.4 is 5.73 Å². The molecule has 0 unspecified atom stereocenters. The van der Waals surface area contributed by atoms with Crippen LogP contribution in [0.2, 0.25) is 10.0 Å². The molecule has 2 rings (SSSR count). The van der Waals surface area contributed by atoms with Crippen LogP contribution in [-0.2, 0) is 4.79 Å². The molecule has 0 bridgehead atoms. The number of amides is 1. The molecule has 3 N–H and O–H groups in total. The molecule has 1 fully saturated rings. The van der Waals surface area contributed by atoms with E-state index in [0.29, 0.717) is 22.2 Å². The fourth-order valence-electron chi connectivity index (χ4n) is 2.51. The van der Waals surface area contributed by atoms with Crippen LogP contribution in [0.25, 0.3) is 0 Å². The minimum absolute atomic E-state index is 0.0434. The molecule has 0 aromatic heterocycles. The first-order valence-electron chi connectivity index (χ1n) is 6.62. The van der Waals surface area contributed by atoms with E-state index in [2.05, 4.69) is 4.90 Å². The van der Waals surface area contributed by atoms with Crippen LogP contribution in [0.4, 0.5) is 0 Å². The smallest absolute Gasteiger partial charge is 0.220 e. The van der Waals surface area contributed by atoms with Gasteiger partial charge in [0.1, 0.15) is 0 Å². The molecule has 6 heteroatoms. The van der Waals surface area contributed by atoms with Crippen molar-refractivity contribution >= 4 is 29.1 Å². The first-order chi connectivity index (χ1) is 9.47. The van der Waals surface area contributed by atoms with Crippen molar-refractivity contribution in [3.63, 3.8) is 0 Å². The van der Waals surface area contributed by atoms with Gasteiger partial charge in [-0.3, -0.25) is 4.79 Å². The van der Waals surface area contributed by atoms with Crippen molar-refractivity contribution in [2.24, 2.45) is 11.7 Å². The van der Waals surface area contributed by atoms with E-state index in [1.54, 1.807) is 18.2 Å². The second kappa shape index (κ2) is 6.76. The Bertz CT molecular complexity index is 488. The number of nitrogens with zero attached hydrogens (tertiary/aromatic N) is 1. The van der Waals surface area contributed by atoms with Gasteiger partial charge in [-0.2, -0.15) is 0 Å². The van der Waals surface area contributed by atoms with Gasteiger partial charge in [-0.25, -0.2) is 0 Å². The number of primary amides is 1. The highest BCUT2D eigenvalue weighted by molar-refractivity contribution is 6.33. The van der Waals surface area contributed by atoms with Crippen LogP contribution in [0.3, 0.4) is 0 Å². The van der Waals surface area contributed by atoms with Crippen molar-refractivity contribution in [3.8, 4) is 0 Å². The highest BCUT2D eigenvalue weighted by Gasteiger charge is 2.25. The van der Waals surface area contributed by atoms with Gasteiger partial charge in [-0.15, -0.1) is 0 Å². The summed E-state index contributed by atoms with van der Waals surface area (Å²) >= 11 is 12.0. The number of β-amino-alcohol motifs (C(OH)–C–C–N with tert-alkyl or cyclic N) is 1. The maximum Gasteiger partial charge on any atom is 0.220 e. The van der Waals surface area contributed by atoms with E-state index in [0.717, 1.165) is 25.9 Å². The van der Waals surface area contributed by atoms with Crippen molar-refractivity contribution in [1.82, 2.24) is 4.90 Å². The van der Waals surface area contributed by atoms with Crippen LogP contribution in [-0.4, -0.2) is 35.5 Å². The summed E-state index contributed by atoms with van der Waals surface area (Å²) in [5.74, 6) is -0.277. The largest absolute Gasteiger partial charge is 0.387 e. The van der Waals surface area contributed by atoms with E-state index in [-0.39, 0.29) is 11.8 Å². The number of rotatable bonds is 4. The average Bonchev–Trinajstić information content (AvgIpc) is 2.42. The summed E-state index contributed by atoms with van der Waals surface area (Å²) in [6, 6.07) is 5.06. The van der Waals surface area contributed by atoms with Gasteiger partial charge in [0.2, 0.25) is 5.91 Å². The van der Waals surface area contributed by atoms with Gasteiger partial charge < -0.3 is 15.7 Å². The lowest BCUT2D eigenvalue weighted by atomic mass is 9.96. The quantitative estimate of drug-likeness (QED) is 0.895. The Kier molecular flexibility index (Phi) is 5.27. The van der Waals surface area contributed by atoms with Gasteiger partial charge in [0.15, 0.2) is 0 Å². The highest BCUT2D eigenvalue weighted by Crippen LogP contribution is 2.28. The number of carbonyl (C=O) groups is 1. The van der Waals surface area contributed by atoms with Gasteiger partial charge in [0.25, 0.3) is 0 Å². The normalized spacial score (nSPS) is 18.9. The molecule has 0 spiro atoms. The first kappa shape index (κ1) is 15.6. The summed E-state index contributed by atoms with van der Waals surface area (Å²) < 4.78 is 0. The summed E-state index contributed by atoms with van der Waals surface area (Å²) in [7, 11) is 0. The molecular weight excluding hydrogens is 299 g/mol. The van der Waals surface area contributed by atoms with Gasteiger partial charge in [0, 0.05) is 28.1 Å². The van der Waals surface area contributed by atoms with E-state index < -0.39 is 6.10 Å². The van der Waals surface area contributed by atoms with Crippen LogP contribution in [0.15, 0.2) is 18.2 Å². The van der Waals surface area contributed by atoms with Crippen molar-refractivity contribution in [1.29, 1.82) is 0 Å². The lowest BCUT2D eigenvalue weighted by Crippen LogP contribution is -2.40.